The van der Waals surface area contributed by atoms with Gasteiger partial charge in [0.2, 0.25) is 0 Å². The van der Waals surface area contributed by atoms with E-state index in [0.717, 1.165) is 4.73 Å². The van der Waals surface area contributed by atoms with Crippen molar-refractivity contribution in [1.29, 1.82) is 0 Å². The van der Waals surface area contributed by atoms with E-state index in [9.17, 15) is 34.1 Å². The molecule has 6 N–H and O–H groups in total. The maximum atomic E-state index is 10.9. The highest BCUT2D eigenvalue weighted by Gasteiger charge is 2.44. The summed E-state index contributed by atoms with van der Waals surface area (Å²) in [7, 11) is -4.93. The Morgan fingerprint density at radius 1 is 1.20 bits per heavy atom. The zero-order valence-corrected chi connectivity index (χ0v) is 16.8. The molecular formula is C16H20N2O10S2. The lowest BCUT2D eigenvalue weighted by atomic mass is 10.0. The molecule has 0 bridgehead atoms. The van der Waals surface area contributed by atoms with Crippen LogP contribution < -0.4 is 0 Å². The predicted molar refractivity (Wildman–Crippen MR) is 104 cm³/mol. The first-order valence-electron chi connectivity index (χ1n) is 8.59. The smallest absolute Gasteiger partial charge is 0.428 e. The molecule has 0 radical (unpaired) electrons. The van der Waals surface area contributed by atoms with E-state index in [0.29, 0.717) is 28.2 Å². The molecule has 0 saturated carbocycles. The molecule has 0 unspecified atom stereocenters. The number of para-hydroxylation sites is 1. The summed E-state index contributed by atoms with van der Waals surface area (Å²) in [5.41, 5.74) is -0.282. The Kier molecular flexibility index (Phi) is 6.88. The van der Waals surface area contributed by atoms with Gasteiger partial charge in [-0.1, -0.05) is 35.1 Å². The lowest BCUT2D eigenvalue weighted by Crippen LogP contribution is -2.57. The van der Waals surface area contributed by atoms with Gasteiger partial charge < -0.3 is 30.4 Å². The van der Waals surface area contributed by atoms with Crippen molar-refractivity contribution in [3.8, 4) is 0 Å². The van der Waals surface area contributed by atoms with E-state index in [-0.39, 0.29) is 11.5 Å². The molecule has 2 heterocycles. The molecule has 166 valence electrons. The van der Waals surface area contributed by atoms with Crippen molar-refractivity contribution >= 4 is 38.1 Å². The molecule has 1 aliphatic rings. The van der Waals surface area contributed by atoms with Gasteiger partial charge in [-0.25, -0.2) is 4.28 Å². The number of aliphatic hydroxyl groups is 4. The summed E-state index contributed by atoms with van der Waals surface area (Å²) in [4.78, 5) is 0. The van der Waals surface area contributed by atoms with Crippen LogP contribution in [0.4, 0.5) is 0 Å². The van der Waals surface area contributed by atoms with E-state index in [2.05, 4.69) is 9.44 Å². The third-order valence-electron chi connectivity index (χ3n) is 4.45. The maximum absolute atomic E-state index is 10.9. The fraction of sp³-hybridized carbons (Fsp3) is 0.438. The molecule has 12 nitrogen and oxygen atoms in total. The highest BCUT2D eigenvalue weighted by atomic mass is 32.3. The second-order valence-corrected chi connectivity index (χ2v) is 8.67. The third-order valence-corrected chi connectivity index (χ3v) is 5.83. The lowest BCUT2D eigenvalue weighted by Gasteiger charge is -2.39. The van der Waals surface area contributed by atoms with Crippen LogP contribution >= 0.6 is 11.8 Å². The molecule has 0 aliphatic carbocycles. The molecule has 1 aromatic heterocycles. The second kappa shape index (κ2) is 9.07. The van der Waals surface area contributed by atoms with Gasteiger partial charge in [-0.2, -0.15) is 13.1 Å². The van der Waals surface area contributed by atoms with E-state index in [1.807, 2.05) is 0 Å². The van der Waals surface area contributed by atoms with Crippen LogP contribution in [-0.4, -0.2) is 84.8 Å². The fourth-order valence-electron chi connectivity index (χ4n) is 3.02. The number of nitrogens with zero attached hydrogens (tertiary/aromatic N) is 2. The number of benzene rings is 1. The average Bonchev–Trinajstić information content (AvgIpc) is 3.01. The van der Waals surface area contributed by atoms with Gasteiger partial charge in [0.15, 0.2) is 0 Å². The van der Waals surface area contributed by atoms with Gasteiger partial charge in [0.1, 0.15) is 34.9 Å². The molecule has 0 amide bonds. The predicted octanol–water partition coefficient (Wildman–Crippen LogP) is -0.913. The summed E-state index contributed by atoms with van der Waals surface area (Å²) >= 11 is 0.656. The minimum atomic E-state index is -4.93. The van der Waals surface area contributed by atoms with Crippen molar-refractivity contribution in [3.63, 3.8) is 0 Å². The Labute approximate surface area is 174 Å². The van der Waals surface area contributed by atoms with Gasteiger partial charge in [-0.15, -0.1) is 0 Å². The Balaban J connectivity index is 1.89. The minimum Gasteiger partial charge on any atom is -0.428 e. The maximum Gasteiger partial charge on any atom is 0.466 e. The monoisotopic (exact) mass is 464 g/mol. The molecule has 14 heteroatoms. The van der Waals surface area contributed by atoms with E-state index >= 15 is 0 Å². The van der Waals surface area contributed by atoms with Gasteiger partial charge in [0.25, 0.3) is 0 Å². The van der Waals surface area contributed by atoms with E-state index in [1.54, 1.807) is 24.3 Å². The van der Waals surface area contributed by atoms with Gasteiger partial charge in [0, 0.05) is 18.0 Å². The Morgan fingerprint density at radius 3 is 2.57 bits per heavy atom. The Hall–Kier alpha value is -1.91. The highest BCUT2D eigenvalue weighted by molar-refractivity contribution is 8.14. The van der Waals surface area contributed by atoms with E-state index in [1.165, 1.54) is 6.20 Å². The average molecular weight is 464 g/mol. The topological polar surface area (TPSA) is 191 Å². The molecule has 2 aromatic rings. The van der Waals surface area contributed by atoms with Crippen LogP contribution in [0.15, 0.2) is 35.6 Å². The highest BCUT2D eigenvalue weighted by Crippen LogP contribution is 2.31. The van der Waals surface area contributed by atoms with Crippen molar-refractivity contribution in [1.82, 2.24) is 4.73 Å². The van der Waals surface area contributed by atoms with Crippen LogP contribution in [0, 0.1) is 0 Å². The molecule has 1 aromatic carbocycles. The number of fused-ring (bicyclic) bond motifs is 1. The van der Waals surface area contributed by atoms with Crippen LogP contribution in [0.2, 0.25) is 0 Å². The molecule has 0 spiro atoms. The van der Waals surface area contributed by atoms with Gasteiger partial charge in [-0.05, 0) is 11.6 Å². The molecule has 3 rings (SSSR count). The number of aromatic nitrogens is 1. The lowest BCUT2D eigenvalue weighted by molar-refractivity contribution is -0.205. The number of thioether (sulfide) groups is 1. The van der Waals surface area contributed by atoms with Crippen molar-refractivity contribution in [2.75, 3.05) is 6.61 Å². The van der Waals surface area contributed by atoms with Crippen molar-refractivity contribution < 1.29 is 47.6 Å². The summed E-state index contributed by atoms with van der Waals surface area (Å²) < 4.78 is 41.0. The zero-order valence-electron chi connectivity index (χ0n) is 15.2. The summed E-state index contributed by atoms with van der Waals surface area (Å²) in [6.45, 7) is -0.645. The number of hydrogen-bond acceptors (Lipinski definition) is 11. The van der Waals surface area contributed by atoms with Gasteiger partial charge in [-0.3, -0.25) is 4.55 Å². The van der Waals surface area contributed by atoms with Crippen molar-refractivity contribution in [3.05, 3.63) is 36.0 Å². The van der Waals surface area contributed by atoms with Gasteiger partial charge >= 0.3 is 10.4 Å². The van der Waals surface area contributed by atoms with Crippen molar-refractivity contribution in [2.24, 2.45) is 5.16 Å². The van der Waals surface area contributed by atoms with Crippen molar-refractivity contribution in [2.45, 2.75) is 36.3 Å². The van der Waals surface area contributed by atoms with Crippen LogP contribution in [0.3, 0.4) is 0 Å². The first-order valence-corrected chi connectivity index (χ1v) is 10.8. The molecule has 1 fully saturated rings. The van der Waals surface area contributed by atoms with E-state index in [4.69, 9.17) is 9.29 Å². The van der Waals surface area contributed by atoms with Crippen LogP contribution in [0.25, 0.3) is 10.9 Å². The summed E-state index contributed by atoms with van der Waals surface area (Å²) in [5, 5.41) is 53.2. The number of hydrogen-bond donors (Lipinski definition) is 6. The largest absolute Gasteiger partial charge is 0.466 e. The minimum absolute atomic E-state index is 0.103. The van der Waals surface area contributed by atoms with Gasteiger partial charge in [0.05, 0.1) is 12.1 Å². The van der Waals surface area contributed by atoms with Crippen LogP contribution in [0.5, 0.6) is 0 Å². The zero-order chi connectivity index (χ0) is 22.1. The first kappa shape index (κ1) is 22.8. The Morgan fingerprint density at radius 2 is 1.90 bits per heavy atom. The summed E-state index contributed by atoms with van der Waals surface area (Å²) in [5.74, 6) is 0. The standard InChI is InChI=1S/C16H20N2O10S2/c19-7-11-13(20)14(21)15(22)16(27-11)29-12(17-28-30(24,25)26)5-8-6-18(23)10-4-2-1-3-9(8)10/h1-4,6,11,13-16,19-23H,5,7H2,(H,24,25,26)/b17-12-/t11-,13-,14+,15-,16+/m1/s1. The fourth-order valence-corrected chi connectivity index (χ4v) is 4.34. The summed E-state index contributed by atoms with van der Waals surface area (Å²) in [6.07, 6.45) is -4.74. The number of oxime groups is 1. The molecule has 30 heavy (non-hydrogen) atoms. The third kappa shape index (κ3) is 5.04. The number of ether oxygens (including phenoxy) is 1. The molecule has 5 atom stereocenters. The molecular weight excluding hydrogens is 444 g/mol. The molecule has 1 saturated heterocycles. The quantitative estimate of drug-likeness (QED) is 0.102. The van der Waals surface area contributed by atoms with Crippen LogP contribution in [0.1, 0.15) is 5.56 Å². The molecule has 1 aliphatic heterocycles. The Bertz CT molecular complexity index is 1020. The number of rotatable bonds is 6. The second-order valence-electron chi connectivity index (χ2n) is 6.50. The van der Waals surface area contributed by atoms with E-state index < -0.39 is 46.9 Å². The SMILES string of the molecule is O=S(=O)(O)O/N=C(/Cc1cn(O)c2ccccc12)S[C@@H]1O[C@H](CO)[C@@H](O)[C@H](O)[C@H]1O. The normalized spacial score (nSPS) is 28.0. The first-order chi connectivity index (χ1) is 14.1. The summed E-state index contributed by atoms with van der Waals surface area (Å²) in [6, 6.07) is 6.78. The van der Waals surface area contributed by atoms with Crippen LogP contribution in [-0.2, 0) is 25.8 Å². The number of aliphatic hydroxyl groups excluding tert-OH is 4.